The molecule has 0 rings (SSSR count). The monoisotopic (exact) mass is 274 g/mol. The molecule has 0 atom stereocenters. The first-order valence-corrected chi connectivity index (χ1v) is 8.55. The first kappa shape index (κ1) is 15.1. The van der Waals surface area contributed by atoms with Crippen molar-refractivity contribution in [3.05, 3.63) is 0 Å². The maximum Gasteiger partial charge on any atom is 0.497 e. The molecule has 0 aromatic carbocycles. The average molecular weight is 275 g/mol. The second-order valence-electron chi connectivity index (χ2n) is 2.58. The fourth-order valence-corrected chi connectivity index (χ4v) is 3.28. The Balaban J connectivity index is 3.89. The van der Waals surface area contributed by atoms with Crippen molar-refractivity contribution in [2.75, 3.05) is 37.1 Å². The lowest BCUT2D eigenvalue weighted by atomic mass is 10.9. The summed E-state index contributed by atoms with van der Waals surface area (Å²) in [4.78, 5) is 0. The third kappa shape index (κ3) is 7.44. The molecule has 0 aliphatic rings. The molecule has 0 N–H and O–H groups in total. The molecule has 0 aromatic heterocycles. The summed E-state index contributed by atoms with van der Waals surface area (Å²) in [5.74, 6) is 1.99. The summed E-state index contributed by atoms with van der Waals surface area (Å²) < 4.78 is 16.6. The second kappa shape index (κ2) is 9.38. The Labute approximate surface area is 103 Å². The van der Waals surface area contributed by atoms with E-state index in [4.69, 9.17) is 13.3 Å². The van der Waals surface area contributed by atoms with Crippen LogP contribution < -0.4 is 0 Å². The molecule has 0 amide bonds. The molecule has 3 nitrogen and oxygen atoms in total. The van der Waals surface area contributed by atoms with Gasteiger partial charge < -0.3 is 13.3 Å². The SMILES string of the molecule is C[Si](OCCS)(OCCS)OCCS. The van der Waals surface area contributed by atoms with E-state index in [0.717, 1.165) is 0 Å². The van der Waals surface area contributed by atoms with Crippen LogP contribution in [0.25, 0.3) is 0 Å². The number of rotatable bonds is 9. The molecule has 0 bridgehead atoms. The van der Waals surface area contributed by atoms with Crippen molar-refractivity contribution >= 4 is 46.7 Å². The summed E-state index contributed by atoms with van der Waals surface area (Å²) in [6.45, 7) is 3.52. The molecule has 0 unspecified atom stereocenters. The number of hydrogen-bond donors (Lipinski definition) is 3. The predicted octanol–water partition coefficient (Wildman–Crippen LogP) is 1.39. The summed E-state index contributed by atoms with van der Waals surface area (Å²) in [5.41, 5.74) is 0. The van der Waals surface area contributed by atoms with E-state index in [1.165, 1.54) is 0 Å². The van der Waals surface area contributed by atoms with E-state index in [2.05, 4.69) is 37.9 Å². The fraction of sp³-hybridized carbons (Fsp3) is 1.00. The van der Waals surface area contributed by atoms with E-state index in [1.54, 1.807) is 0 Å². The average Bonchev–Trinajstić information content (AvgIpc) is 2.21. The zero-order valence-corrected chi connectivity index (χ0v) is 12.0. The van der Waals surface area contributed by atoms with E-state index in [0.29, 0.717) is 37.1 Å². The normalized spacial score (nSPS) is 12.0. The highest BCUT2D eigenvalue weighted by atomic mass is 32.1. The molecule has 0 aliphatic carbocycles. The molecule has 0 fully saturated rings. The quantitative estimate of drug-likeness (QED) is 0.438. The van der Waals surface area contributed by atoms with Gasteiger partial charge >= 0.3 is 8.80 Å². The predicted molar refractivity (Wildman–Crippen MR) is 71.0 cm³/mol. The molecule has 0 aliphatic heterocycles. The first-order chi connectivity index (χ1) is 6.68. The van der Waals surface area contributed by atoms with Crippen molar-refractivity contribution in [2.24, 2.45) is 0 Å². The third-order valence-corrected chi connectivity index (χ3v) is 4.10. The van der Waals surface area contributed by atoms with Gasteiger partial charge in [0.2, 0.25) is 0 Å². The Morgan fingerprint density at radius 1 is 0.786 bits per heavy atom. The van der Waals surface area contributed by atoms with Gasteiger partial charge in [0.05, 0.1) is 0 Å². The first-order valence-electron chi connectivity index (χ1n) is 4.43. The molecule has 0 aromatic rings. The summed E-state index contributed by atoms with van der Waals surface area (Å²) in [6.07, 6.45) is 0. The van der Waals surface area contributed by atoms with Crippen LogP contribution >= 0.6 is 37.9 Å². The Morgan fingerprint density at radius 3 is 1.29 bits per heavy atom. The van der Waals surface area contributed by atoms with Crippen molar-refractivity contribution in [3.8, 4) is 0 Å². The van der Waals surface area contributed by atoms with Gasteiger partial charge in [0, 0.05) is 43.6 Å². The molecular formula is C7H18O3S3Si. The molecule has 0 radical (unpaired) electrons. The lowest BCUT2D eigenvalue weighted by Crippen LogP contribution is -2.44. The van der Waals surface area contributed by atoms with E-state index >= 15 is 0 Å². The van der Waals surface area contributed by atoms with Crippen LogP contribution in [0.1, 0.15) is 0 Å². The fourth-order valence-electron chi connectivity index (χ4n) is 0.818. The summed E-state index contributed by atoms with van der Waals surface area (Å²) in [5, 5.41) is 0. The molecule has 14 heavy (non-hydrogen) atoms. The van der Waals surface area contributed by atoms with E-state index in [-0.39, 0.29) is 0 Å². The smallest absolute Gasteiger partial charge is 0.373 e. The minimum atomic E-state index is -2.46. The Morgan fingerprint density at radius 2 is 1.07 bits per heavy atom. The Kier molecular flexibility index (Phi) is 10.1. The van der Waals surface area contributed by atoms with Gasteiger partial charge in [0.25, 0.3) is 0 Å². The highest BCUT2D eigenvalue weighted by molar-refractivity contribution is 7.80. The summed E-state index contributed by atoms with van der Waals surface area (Å²) in [7, 11) is -2.46. The lowest BCUT2D eigenvalue weighted by molar-refractivity contribution is 0.0809. The van der Waals surface area contributed by atoms with Crippen LogP contribution in [0.15, 0.2) is 0 Å². The van der Waals surface area contributed by atoms with Crippen LogP contribution in [-0.2, 0) is 13.3 Å². The largest absolute Gasteiger partial charge is 0.497 e. The van der Waals surface area contributed by atoms with Gasteiger partial charge in [-0.15, -0.1) is 0 Å². The van der Waals surface area contributed by atoms with Crippen molar-refractivity contribution in [1.29, 1.82) is 0 Å². The van der Waals surface area contributed by atoms with Gasteiger partial charge in [-0.2, -0.15) is 37.9 Å². The number of thiol groups is 3. The van der Waals surface area contributed by atoms with E-state index in [1.807, 2.05) is 6.55 Å². The topological polar surface area (TPSA) is 27.7 Å². The maximum atomic E-state index is 5.53. The van der Waals surface area contributed by atoms with Crippen molar-refractivity contribution in [3.63, 3.8) is 0 Å². The zero-order chi connectivity index (χ0) is 10.9. The van der Waals surface area contributed by atoms with E-state index in [9.17, 15) is 0 Å². The second-order valence-corrected chi connectivity index (χ2v) is 6.51. The molecule has 86 valence electrons. The minimum Gasteiger partial charge on any atom is -0.373 e. The van der Waals surface area contributed by atoms with Gasteiger partial charge in [-0.05, 0) is 0 Å². The highest BCUT2D eigenvalue weighted by Gasteiger charge is 2.34. The zero-order valence-electron chi connectivity index (χ0n) is 8.31. The Bertz CT molecular complexity index is 118. The minimum absolute atomic E-state index is 0.547. The molecule has 7 heteroatoms. The molecule has 0 saturated heterocycles. The summed E-state index contributed by atoms with van der Waals surface area (Å²) in [6, 6.07) is 0. The lowest BCUT2D eigenvalue weighted by Gasteiger charge is -2.25. The van der Waals surface area contributed by atoms with Crippen LogP contribution in [0.3, 0.4) is 0 Å². The van der Waals surface area contributed by atoms with Gasteiger partial charge in [0.1, 0.15) is 0 Å². The standard InChI is InChI=1S/C7H18O3S3Si/c1-14(8-2-5-11,9-3-6-12)10-4-7-13/h11-13H,2-7H2,1H3. The van der Waals surface area contributed by atoms with Crippen molar-refractivity contribution < 1.29 is 13.3 Å². The molecular weight excluding hydrogens is 256 g/mol. The highest BCUT2D eigenvalue weighted by Crippen LogP contribution is 2.09. The van der Waals surface area contributed by atoms with Crippen LogP contribution in [0.2, 0.25) is 6.55 Å². The molecule has 0 saturated carbocycles. The Hall–Kier alpha value is 1.15. The number of hydrogen-bond acceptors (Lipinski definition) is 6. The van der Waals surface area contributed by atoms with Gasteiger partial charge in [0.15, 0.2) is 0 Å². The van der Waals surface area contributed by atoms with Crippen LogP contribution in [0.4, 0.5) is 0 Å². The van der Waals surface area contributed by atoms with Crippen molar-refractivity contribution in [1.82, 2.24) is 0 Å². The molecule has 0 spiro atoms. The van der Waals surface area contributed by atoms with Gasteiger partial charge in [-0.3, -0.25) is 0 Å². The van der Waals surface area contributed by atoms with Crippen LogP contribution in [0.5, 0.6) is 0 Å². The molecule has 0 heterocycles. The summed E-state index contributed by atoms with van der Waals surface area (Å²) >= 11 is 12.2. The van der Waals surface area contributed by atoms with Crippen LogP contribution in [-0.4, -0.2) is 45.9 Å². The maximum absolute atomic E-state index is 5.53. The van der Waals surface area contributed by atoms with Gasteiger partial charge in [-0.1, -0.05) is 0 Å². The van der Waals surface area contributed by atoms with Crippen molar-refractivity contribution in [2.45, 2.75) is 6.55 Å². The van der Waals surface area contributed by atoms with Gasteiger partial charge in [-0.25, -0.2) is 0 Å². The van der Waals surface area contributed by atoms with Crippen LogP contribution in [0, 0.1) is 0 Å². The third-order valence-electron chi connectivity index (χ3n) is 1.37. The van der Waals surface area contributed by atoms with E-state index < -0.39 is 8.80 Å².